The predicted octanol–water partition coefficient (Wildman–Crippen LogP) is 3.96. The van der Waals surface area contributed by atoms with E-state index in [4.69, 9.17) is 9.47 Å². The average Bonchev–Trinajstić information content (AvgIpc) is 3.22. The number of anilines is 1. The highest BCUT2D eigenvalue weighted by Gasteiger charge is 2.23. The first-order valence-corrected chi connectivity index (χ1v) is 10.8. The topological polar surface area (TPSA) is 89.5 Å². The Morgan fingerprint density at radius 1 is 1.23 bits per heavy atom. The number of benzene rings is 2. The molecule has 2 aromatic carbocycles. The lowest BCUT2D eigenvalue weighted by Crippen LogP contribution is -2.30. The number of methoxy groups -OCH3 is 1. The quantitative estimate of drug-likeness (QED) is 0.609. The molecule has 0 aliphatic carbocycles. The van der Waals surface area contributed by atoms with Crippen molar-refractivity contribution in [3.63, 3.8) is 0 Å². The number of hydrogen-bond donors (Lipinski definition) is 2. The Morgan fingerprint density at radius 2 is 2.03 bits per heavy atom. The molecule has 0 bridgehead atoms. The maximum absolute atomic E-state index is 12.4. The number of carbonyl (C=O) groups is 2. The molecule has 1 aliphatic rings. The normalized spacial score (nSPS) is 14.8. The number of carbonyl (C=O) groups excluding carboxylic acids is 2. The van der Waals surface area contributed by atoms with Crippen LogP contribution in [0, 0.1) is 0 Å². The minimum Gasteiger partial charge on any atom is -0.497 e. The van der Waals surface area contributed by atoms with Crippen LogP contribution >= 0.6 is 11.3 Å². The van der Waals surface area contributed by atoms with Crippen molar-refractivity contribution in [3.8, 4) is 22.8 Å². The number of rotatable bonds is 6. The minimum atomic E-state index is -0.129. The fourth-order valence-corrected chi connectivity index (χ4v) is 4.24. The molecule has 0 fully saturated rings. The third-order valence-electron chi connectivity index (χ3n) is 5.00. The van der Waals surface area contributed by atoms with Crippen molar-refractivity contribution < 1.29 is 19.1 Å². The van der Waals surface area contributed by atoms with Gasteiger partial charge in [-0.1, -0.05) is 12.1 Å². The van der Waals surface area contributed by atoms with Crippen LogP contribution in [0.4, 0.5) is 5.13 Å². The lowest BCUT2D eigenvalue weighted by Gasteiger charge is -2.26. The van der Waals surface area contributed by atoms with Gasteiger partial charge in [0.2, 0.25) is 11.8 Å². The Labute approximate surface area is 184 Å². The van der Waals surface area contributed by atoms with E-state index in [0.29, 0.717) is 11.7 Å². The molecule has 2 amide bonds. The summed E-state index contributed by atoms with van der Waals surface area (Å²) in [5.41, 5.74) is 3.51. The van der Waals surface area contributed by atoms with Gasteiger partial charge < -0.3 is 20.1 Å². The van der Waals surface area contributed by atoms with Crippen LogP contribution < -0.4 is 20.1 Å². The van der Waals surface area contributed by atoms with Crippen LogP contribution in [0.1, 0.15) is 30.5 Å². The van der Waals surface area contributed by atoms with E-state index in [0.717, 1.165) is 40.3 Å². The lowest BCUT2D eigenvalue weighted by atomic mass is 9.97. The number of ether oxygens (including phenoxy) is 2. The molecule has 7 nitrogen and oxygen atoms in total. The van der Waals surface area contributed by atoms with Gasteiger partial charge in [0.25, 0.3) is 0 Å². The fourth-order valence-electron chi connectivity index (χ4n) is 3.51. The zero-order valence-electron chi connectivity index (χ0n) is 17.3. The van der Waals surface area contributed by atoms with Crippen LogP contribution in [0.2, 0.25) is 0 Å². The molecular formula is C23H23N3O4S. The van der Waals surface area contributed by atoms with E-state index >= 15 is 0 Å². The van der Waals surface area contributed by atoms with Crippen molar-refractivity contribution in [1.29, 1.82) is 0 Å². The standard InChI is InChI=1S/C23H23N3O4S/c1-14(27)24-19-9-10-30-21-8-5-16(12-18(19)21)20-13-31-23(25-20)26-22(28)11-15-3-6-17(29-2)7-4-15/h3-8,12-13,19H,9-11H2,1-2H3,(H,24,27)(H,25,26,28). The van der Waals surface area contributed by atoms with Crippen molar-refractivity contribution in [2.45, 2.75) is 25.8 Å². The van der Waals surface area contributed by atoms with Crippen LogP contribution in [0.3, 0.4) is 0 Å². The molecule has 0 saturated carbocycles. The van der Waals surface area contributed by atoms with E-state index in [1.807, 2.05) is 47.8 Å². The Kier molecular flexibility index (Phi) is 6.18. The predicted molar refractivity (Wildman–Crippen MR) is 120 cm³/mol. The third-order valence-corrected chi connectivity index (χ3v) is 5.75. The molecular weight excluding hydrogens is 414 g/mol. The Balaban J connectivity index is 1.46. The van der Waals surface area contributed by atoms with Gasteiger partial charge in [-0.2, -0.15) is 0 Å². The van der Waals surface area contributed by atoms with Gasteiger partial charge in [0.05, 0.1) is 31.9 Å². The number of thiazole rings is 1. The number of nitrogens with one attached hydrogen (secondary N) is 2. The monoisotopic (exact) mass is 437 g/mol. The molecule has 31 heavy (non-hydrogen) atoms. The van der Waals surface area contributed by atoms with Crippen LogP contribution in [0.5, 0.6) is 11.5 Å². The van der Waals surface area contributed by atoms with Crippen molar-refractivity contribution in [2.75, 3.05) is 19.0 Å². The SMILES string of the molecule is COc1ccc(CC(=O)Nc2nc(-c3ccc4c(c3)C(NC(C)=O)CCO4)cs2)cc1. The number of fused-ring (bicyclic) bond motifs is 1. The smallest absolute Gasteiger partial charge is 0.230 e. The maximum atomic E-state index is 12.4. The Morgan fingerprint density at radius 3 is 2.77 bits per heavy atom. The minimum absolute atomic E-state index is 0.0706. The first kappa shape index (κ1) is 20.9. The molecule has 0 saturated heterocycles. The van der Waals surface area contributed by atoms with Gasteiger partial charge in [0.1, 0.15) is 11.5 Å². The summed E-state index contributed by atoms with van der Waals surface area (Å²) in [6, 6.07) is 13.2. The van der Waals surface area contributed by atoms with Crippen molar-refractivity contribution in [2.24, 2.45) is 0 Å². The molecule has 3 aromatic rings. The first-order chi connectivity index (χ1) is 15.0. The van der Waals surface area contributed by atoms with Crippen molar-refractivity contribution in [3.05, 3.63) is 59.0 Å². The molecule has 2 heterocycles. The zero-order chi connectivity index (χ0) is 21.8. The zero-order valence-corrected chi connectivity index (χ0v) is 18.1. The third kappa shape index (κ3) is 5.03. The van der Waals surface area contributed by atoms with Crippen molar-refractivity contribution >= 4 is 28.3 Å². The summed E-state index contributed by atoms with van der Waals surface area (Å²) in [4.78, 5) is 28.5. The van der Waals surface area contributed by atoms with Crippen LogP contribution in [-0.2, 0) is 16.0 Å². The number of aromatic nitrogens is 1. The highest BCUT2D eigenvalue weighted by molar-refractivity contribution is 7.14. The maximum Gasteiger partial charge on any atom is 0.230 e. The van der Waals surface area contributed by atoms with Gasteiger partial charge in [-0.05, 0) is 35.9 Å². The summed E-state index contributed by atoms with van der Waals surface area (Å²) in [7, 11) is 1.61. The second-order valence-electron chi connectivity index (χ2n) is 7.25. The Hall–Kier alpha value is -3.39. The van der Waals surface area contributed by atoms with Gasteiger partial charge in [-0.15, -0.1) is 11.3 Å². The summed E-state index contributed by atoms with van der Waals surface area (Å²) in [5, 5.41) is 8.29. The van der Waals surface area contributed by atoms with Gasteiger partial charge >= 0.3 is 0 Å². The van der Waals surface area contributed by atoms with E-state index in [1.165, 1.54) is 18.3 Å². The van der Waals surface area contributed by atoms with E-state index in [9.17, 15) is 9.59 Å². The van der Waals surface area contributed by atoms with Crippen LogP contribution in [0.25, 0.3) is 11.3 Å². The fraction of sp³-hybridized carbons (Fsp3) is 0.261. The van der Waals surface area contributed by atoms with E-state index in [-0.39, 0.29) is 24.3 Å². The highest BCUT2D eigenvalue weighted by Crippen LogP contribution is 2.36. The van der Waals surface area contributed by atoms with Crippen molar-refractivity contribution in [1.82, 2.24) is 10.3 Å². The molecule has 0 radical (unpaired) electrons. The molecule has 160 valence electrons. The Bertz CT molecular complexity index is 1090. The highest BCUT2D eigenvalue weighted by atomic mass is 32.1. The molecule has 2 N–H and O–H groups in total. The number of hydrogen-bond acceptors (Lipinski definition) is 6. The van der Waals surface area contributed by atoms with Crippen LogP contribution in [0.15, 0.2) is 47.8 Å². The van der Waals surface area contributed by atoms with Gasteiger partial charge in [0.15, 0.2) is 5.13 Å². The second-order valence-corrected chi connectivity index (χ2v) is 8.11. The molecule has 1 atom stereocenters. The summed E-state index contributed by atoms with van der Waals surface area (Å²) in [5.74, 6) is 1.33. The van der Waals surface area contributed by atoms with E-state index < -0.39 is 0 Å². The van der Waals surface area contributed by atoms with E-state index in [2.05, 4.69) is 15.6 Å². The largest absolute Gasteiger partial charge is 0.497 e. The summed E-state index contributed by atoms with van der Waals surface area (Å²) in [6.45, 7) is 2.08. The molecule has 4 rings (SSSR count). The van der Waals surface area contributed by atoms with Crippen LogP contribution in [-0.4, -0.2) is 30.5 Å². The average molecular weight is 438 g/mol. The van der Waals surface area contributed by atoms with Gasteiger partial charge in [-0.25, -0.2) is 4.98 Å². The lowest BCUT2D eigenvalue weighted by molar-refractivity contribution is -0.120. The number of amides is 2. The molecule has 8 heteroatoms. The molecule has 0 spiro atoms. The summed E-state index contributed by atoms with van der Waals surface area (Å²) >= 11 is 1.37. The van der Waals surface area contributed by atoms with E-state index in [1.54, 1.807) is 7.11 Å². The molecule has 1 unspecified atom stereocenters. The summed E-state index contributed by atoms with van der Waals surface area (Å²) in [6.07, 6.45) is 0.979. The van der Waals surface area contributed by atoms with Gasteiger partial charge in [-0.3, -0.25) is 9.59 Å². The number of nitrogens with zero attached hydrogens (tertiary/aromatic N) is 1. The molecule has 1 aliphatic heterocycles. The van der Waals surface area contributed by atoms with Gasteiger partial charge in [0, 0.05) is 29.9 Å². The summed E-state index contributed by atoms with van der Waals surface area (Å²) < 4.78 is 10.9. The molecule has 1 aromatic heterocycles. The first-order valence-electron chi connectivity index (χ1n) is 9.94. The second kappa shape index (κ2) is 9.18.